The van der Waals surface area contributed by atoms with Crippen molar-refractivity contribution in [1.82, 2.24) is 14.4 Å². The Morgan fingerprint density at radius 3 is 2.94 bits per heavy atom. The molecule has 0 saturated heterocycles. The maximum absolute atomic E-state index is 5.51. The molecule has 0 fully saturated rings. The lowest BCUT2D eigenvalue weighted by Crippen LogP contribution is -2.09. The smallest absolute Gasteiger partial charge is 0.234 e. The van der Waals surface area contributed by atoms with E-state index in [0.29, 0.717) is 16.7 Å². The fourth-order valence-corrected chi connectivity index (χ4v) is 2.08. The Balaban J connectivity index is 2.29. The van der Waals surface area contributed by atoms with Crippen molar-refractivity contribution < 1.29 is 0 Å². The minimum absolute atomic E-state index is 0.350. The lowest BCUT2D eigenvalue weighted by molar-refractivity contribution is 1.01. The molecule has 0 aliphatic rings. The summed E-state index contributed by atoms with van der Waals surface area (Å²) in [6.45, 7) is 3.98. The first-order chi connectivity index (χ1) is 8.10. The SMILES string of the molecule is Cc1cc(C)n2cc(CSC(N)=NN)nc2n1. The van der Waals surface area contributed by atoms with Gasteiger partial charge in [0.25, 0.3) is 0 Å². The highest BCUT2D eigenvalue weighted by Gasteiger charge is 2.06. The van der Waals surface area contributed by atoms with E-state index in [-0.39, 0.29) is 0 Å². The molecule has 0 bridgehead atoms. The Morgan fingerprint density at radius 1 is 1.47 bits per heavy atom. The van der Waals surface area contributed by atoms with E-state index in [1.807, 2.05) is 30.5 Å². The third-order valence-corrected chi connectivity index (χ3v) is 3.15. The van der Waals surface area contributed by atoms with Crippen LogP contribution in [0, 0.1) is 13.8 Å². The molecule has 6 nitrogen and oxygen atoms in total. The van der Waals surface area contributed by atoms with Crippen LogP contribution in [0.4, 0.5) is 0 Å². The molecule has 4 N–H and O–H groups in total. The predicted octanol–water partition coefficient (Wildman–Crippen LogP) is 0.768. The number of hydrazone groups is 1. The van der Waals surface area contributed by atoms with Crippen LogP contribution in [0.1, 0.15) is 17.1 Å². The minimum Gasteiger partial charge on any atom is -0.377 e. The summed E-state index contributed by atoms with van der Waals surface area (Å²) in [5, 5.41) is 3.75. The van der Waals surface area contributed by atoms with Crippen LogP contribution in [-0.4, -0.2) is 19.5 Å². The summed E-state index contributed by atoms with van der Waals surface area (Å²) in [5.41, 5.74) is 8.48. The second kappa shape index (κ2) is 4.62. The number of nitrogens with two attached hydrogens (primary N) is 2. The molecule has 0 aliphatic carbocycles. The summed E-state index contributed by atoms with van der Waals surface area (Å²) in [6.07, 6.45) is 1.95. The number of nitrogens with zero attached hydrogens (tertiary/aromatic N) is 4. The van der Waals surface area contributed by atoms with Gasteiger partial charge in [-0.05, 0) is 19.9 Å². The van der Waals surface area contributed by atoms with Crippen molar-refractivity contribution in [2.24, 2.45) is 16.7 Å². The van der Waals surface area contributed by atoms with Gasteiger partial charge in [0.1, 0.15) is 0 Å². The number of thioether (sulfide) groups is 1. The van der Waals surface area contributed by atoms with Gasteiger partial charge in [-0.1, -0.05) is 11.8 Å². The molecule has 0 aromatic carbocycles. The van der Waals surface area contributed by atoms with E-state index >= 15 is 0 Å². The topological polar surface area (TPSA) is 94.6 Å². The normalized spacial score (nSPS) is 12.2. The monoisotopic (exact) mass is 250 g/mol. The van der Waals surface area contributed by atoms with Crippen LogP contribution in [0.25, 0.3) is 5.78 Å². The zero-order chi connectivity index (χ0) is 12.4. The fraction of sp³-hybridized carbons (Fsp3) is 0.300. The van der Waals surface area contributed by atoms with Gasteiger partial charge in [-0.2, -0.15) is 5.10 Å². The quantitative estimate of drug-likeness (QED) is 0.355. The largest absolute Gasteiger partial charge is 0.377 e. The summed E-state index contributed by atoms with van der Waals surface area (Å²) in [4.78, 5) is 8.78. The van der Waals surface area contributed by atoms with E-state index in [0.717, 1.165) is 17.1 Å². The molecule has 7 heteroatoms. The molecule has 0 radical (unpaired) electrons. The second-order valence-corrected chi connectivity index (χ2v) is 4.69. The minimum atomic E-state index is 0.350. The highest BCUT2D eigenvalue weighted by Crippen LogP contribution is 2.13. The summed E-state index contributed by atoms with van der Waals surface area (Å²) in [5.74, 6) is 6.40. The van der Waals surface area contributed by atoms with Crippen molar-refractivity contribution in [2.45, 2.75) is 19.6 Å². The van der Waals surface area contributed by atoms with E-state index < -0.39 is 0 Å². The Kier molecular flexibility index (Phi) is 3.19. The van der Waals surface area contributed by atoms with Gasteiger partial charge < -0.3 is 11.6 Å². The van der Waals surface area contributed by atoms with Gasteiger partial charge in [0.15, 0.2) is 5.17 Å². The average molecular weight is 250 g/mol. The first kappa shape index (κ1) is 11.7. The lowest BCUT2D eigenvalue weighted by Gasteiger charge is -1.98. The van der Waals surface area contributed by atoms with Crippen molar-refractivity contribution in [3.63, 3.8) is 0 Å². The van der Waals surface area contributed by atoms with Crippen LogP contribution < -0.4 is 11.6 Å². The molecule has 0 amide bonds. The molecule has 0 unspecified atom stereocenters. The summed E-state index contributed by atoms with van der Waals surface area (Å²) in [6, 6.07) is 2.02. The number of hydrogen-bond acceptors (Lipinski definition) is 5. The number of aryl methyl sites for hydroxylation is 2. The molecule has 2 rings (SSSR count). The first-order valence-corrected chi connectivity index (χ1v) is 6.07. The van der Waals surface area contributed by atoms with Gasteiger partial charge in [-0.15, -0.1) is 0 Å². The van der Waals surface area contributed by atoms with Gasteiger partial charge in [0.05, 0.1) is 5.69 Å². The van der Waals surface area contributed by atoms with Crippen molar-refractivity contribution in [1.29, 1.82) is 0 Å². The molecular weight excluding hydrogens is 236 g/mol. The van der Waals surface area contributed by atoms with E-state index in [2.05, 4.69) is 15.1 Å². The maximum Gasteiger partial charge on any atom is 0.234 e. The molecule has 0 spiro atoms. The van der Waals surface area contributed by atoms with Gasteiger partial charge in [0, 0.05) is 23.3 Å². The Labute approximate surface area is 103 Å². The van der Waals surface area contributed by atoms with E-state index in [4.69, 9.17) is 11.6 Å². The highest BCUT2D eigenvalue weighted by atomic mass is 32.2. The third-order valence-electron chi connectivity index (χ3n) is 2.31. The second-order valence-electron chi connectivity index (χ2n) is 3.70. The van der Waals surface area contributed by atoms with Crippen LogP contribution in [0.2, 0.25) is 0 Å². The fourth-order valence-electron chi connectivity index (χ4n) is 1.57. The van der Waals surface area contributed by atoms with E-state index in [1.54, 1.807) is 0 Å². The van der Waals surface area contributed by atoms with Crippen molar-refractivity contribution in [3.05, 3.63) is 29.3 Å². The molecule has 90 valence electrons. The third kappa shape index (κ3) is 2.50. The summed E-state index contributed by atoms with van der Waals surface area (Å²) < 4.78 is 1.96. The van der Waals surface area contributed by atoms with Crippen LogP contribution in [0.5, 0.6) is 0 Å². The average Bonchev–Trinajstić information content (AvgIpc) is 2.69. The van der Waals surface area contributed by atoms with Crippen molar-refractivity contribution >= 4 is 22.7 Å². The number of imidazole rings is 1. The van der Waals surface area contributed by atoms with Crippen LogP contribution >= 0.6 is 11.8 Å². The molecule has 2 heterocycles. The van der Waals surface area contributed by atoms with Gasteiger partial charge in [0.2, 0.25) is 5.78 Å². The lowest BCUT2D eigenvalue weighted by atomic mass is 10.3. The Bertz CT molecular complexity index is 573. The van der Waals surface area contributed by atoms with E-state index in [9.17, 15) is 0 Å². The van der Waals surface area contributed by atoms with Gasteiger partial charge in [-0.25, -0.2) is 9.97 Å². The molecule has 0 saturated carbocycles. The standard InChI is InChI=1S/C10H14N6S/c1-6-3-7(2)16-4-8(14-10(16)13-6)5-17-9(11)15-12/h3-4H,5,12H2,1-2H3,(H2,11,15). The van der Waals surface area contributed by atoms with Crippen LogP contribution in [-0.2, 0) is 5.75 Å². The zero-order valence-corrected chi connectivity index (χ0v) is 10.5. The van der Waals surface area contributed by atoms with Crippen molar-refractivity contribution in [3.8, 4) is 0 Å². The van der Waals surface area contributed by atoms with Crippen LogP contribution in [0.15, 0.2) is 17.4 Å². The summed E-state index contributed by atoms with van der Waals surface area (Å²) >= 11 is 1.35. The highest BCUT2D eigenvalue weighted by molar-refractivity contribution is 8.13. The number of hydrogen-bond donors (Lipinski definition) is 2. The Morgan fingerprint density at radius 2 is 2.24 bits per heavy atom. The number of fused-ring (bicyclic) bond motifs is 1. The molecule has 2 aromatic heterocycles. The zero-order valence-electron chi connectivity index (χ0n) is 9.71. The van der Waals surface area contributed by atoms with Gasteiger partial charge >= 0.3 is 0 Å². The van der Waals surface area contributed by atoms with Crippen LogP contribution in [0.3, 0.4) is 0 Å². The number of amidine groups is 1. The Hall–Kier alpha value is -1.76. The molecule has 2 aromatic rings. The first-order valence-electron chi connectivity index (χ1n) is 5.08. The van der Waals surface area contributed by atoms with Crippen molar-refractivity contribution in [2.75, 3.05) is 0 Å². The van der Waals surface area contributed by atoms with E-state index in [1.165, 1.54) is 11.8 Å². The molecule has 17 heavy (non-hydrogen) atoms. The molecular formula is C10H14N6S. The predicted molar refractivity (Wildman–Crippen MR) is 69.6 cm³/mol. The van der Waals surface area contributed by atoms with Gasteiger partial charge in [-0.3, -0.25) is 4.40 Å². The maximum atomic E-state index is 5.51. The summed E-state index contributed by atoms with van der Waals surface area (Å²) in [7, 11) is 0. The molecule has 0 aliphatic heterocycles. The number of rotatable bonds is 2. The number of aromatic nitrogens is 3. The molecule has 0 atom stereocenters.